The van der Waals surface area contributed by atoms with E-state index in [1.54, 1.807) is 37.3 Å². The number of fused-ring (bicyclic) bond motifs is 3. The van der Waals surface area contributed by atoms with Crippen molar-refractivity contribution >= 4 is 41.4 Å². The summed E-state index contributed by atoms with van der Waals surface area (Å²) in [7, 11) is 0. The number of rotatable bonds is 23. The SMILES string of the molecule is CC(=O)O[C@@H](C)/C=C\C(=O)N[C@@H]1C[C@H](C)[C@H](C/C=C(C)/C=C/[C@H]2O[C@H](CC(=O)NCc3ccc(NC(=O)CNC(=O)CCCCCNC(=O)OCC4c5ccccc5-c5ccccc54)cc3)C[C@@]3(CO3)[C@@H]2O)O[C@@H]1C. The topological polar surface area (TPSA) is 232 Å². The number of amides is 5. The van der Waals surface area contributed by atoms with Crippen molar-refractivity contribution in [3.8, 4) is 11.1 Å². The number of hydrogen-bond donors (Lipinski definition) is 6. The molecule has 0 radical (unpaired) electrons. The van der Waals surface area contributed by atoms with Gasteiger partial charge in [0.05, 0.1) is 43.9 Å². The Bertz CT molecular complexity index is 2530. The highest BCUT2D eigenvalue weighted by Gasteiger charge is 2.58. The number of aliphatic hydroxyl groups is 1. The molecule has 75 heavy (non-hydrogen) atoms. The summed E-state index contributed by atoms with van der Waals surface area (Å²) in [6, 6.07) is 23.2. The second-order valence-corrected chi connectivity index (χ2v) is 20.2. The Morgan fingerprint density at radius 1 is 0.840 bits per heavy atom. The summed E-state index contributed by atoms with van der Waals surface area (Å²) in [4.78, 5) is 74.3. The Hall–Kier alpha value is -6.66. The summed E-state index contributed by atoms with van der Waals surface area (Å²) in [5.74, 6) is -1.35. The molecule has 17 heteroatoms. The van der Waals surface area contributed by atoms with E-state index in [1.165, 1.54) is 24.1 Å². The Morgan fingerprint density at radius 3 is 2.24 bits per heavy atom. The molecule has 3 saturated heterocycles. The number of benzene rings is 3. The van der Waals surface area contributed by atoms with Gasteiger partial charge in [0, 0.05) is 50.5 Å². The lowest BCUT2D eigenvalue weighted by Gasteiger charge is -2.39. The van der Waals surface area contributed by atoms with Crippen LogP contribution in [0.15, 0.2) is 109 Å². The molecule has 9 atom stereocenters. The van der Waals surface area contributed by atoms with Gasteiger partial charge in [0.25, 0.3) is 0 Å². The lowest BCUT2D eigenvalue weighted by molar-refractivity contribution is -0.145. The second-order valence-electron chi connectivity index (χ2n) is 20.2. The minimum Gasteiger partial charge on any atom is -0.459 e. The van der Waals surface area contributed by atoms with Gasteiger partial charge in [0.1, 0.15) is 30.5 Å². The van der Waals surface area contributed by atoms with Crippen LogP contribution in [0.25, 0.3) is 11.1 Å². The van der Waals surface area contributed by atoms with Gasteiger partial charge in [-0.05, 0) is 98.4 Å². The summed E-state index contributed by atoms with van der Waals surface area (Å²) in [5.41, 5.74) is 6.22. The zero-order chi connectivity index (χ0) is 53.5. The molecule has 3 heterocycles. The second kappa shape index (κ2) is 26.7. The molecule has 0 unspecified atom stereocenters. The molecule has 3 aromatic carbocycles. The van der Waals surface area contributed by atoms with Gasteiger partial charge in [-0.15, -0.1) is 0 Å². The first-order valence-corrected chi connectivity index (χ1v) is 26.2. The average Bonchev–Trinajstić information content (AvgIpc) is 4.10. The fourth-order valence-electron chi connectivity index (χ4n) is 9.97. The zero-order valence-corrected chi connectivity index (χ0v) is 43.6. The first kappa shape index (κ1) is 56.1. The van der Waals surface area contributed by atoms with E-state index in [4.69, 9.17) is 23.7 Å². The molecule has 5 amide bonds. The highest BCUT2D eigenvalue weighted by molar-refractivity contribution is 5.94. The Balaban J connectivity index is 0.741. The van der Waals surface area contributed by atoms with Gasteiger partial charge in [-0.2, -0.15) is 0 Å². The van der Waals surface area contributed by atoms with Gasteiger partial charge in [0.2, 0.25) is 23.6 Å². The maximum atomic E-state index is 13.1. The van der Waals surface area contributed by atoms with Crippen molar-refractivity contribution in [3.05, 3.63) is 125 Å². The molecule has 0 saturated carbocycles. The number of hydrogen-bond acceptors (Lipinski definition) is 12. The number of esters is 1. The smallest absolute Gasteiger partial charge is 0.407 e. The standard InChI is InChI=1S/C58H73N5O12/c1-36(18-25-50-37(2)29-49(39(4)74-50)63-53(66)27-20-38(3)73-40(5)64)19-26-51-56(69)58(35-72-58)31-43(75-51)30-54(67)60-32-41-21-23-42(24-22-41)62-55(68)33-61-52(65)17-7-6-12-28-59-57(70)71-34-48-46-15-10-8-13-44(46)45-14-9-11-16-47(45)48/h8-11,13-16,18-24,26-27,37-39,43,48-51,56,69H,6-7,12,17,25,28-35H2,1-5H3,(H,59,70)(H,60,67)(H,61,65)(H,62,68)(H,63,66)/b26-19+,27-20-,36-18+/t37-,38-,39+,43+,49+,50-,51+,56+,58+/m0/s1. The van der Waals surface area contributed by atoms with Crippen LogP contribution in [0.3, 0.4) is 0 Å². The lowest BCUT2D eigenvalue weighted by Crippen LogP contribution is -2.50. The van der Waals surface area contributed by atoms with Crippen LogP contribution in [0.1, 0.15) is 109 Å². The van der Waals surface area contributed by atoms with Crippen molar-refractivity contribution in [2.24, 2.45) is 5.92 Å². The molecule has 1 aliphatic carbocycles. The van der Waals surface area contributed by atoms with Crippen LogP contribution in [-0.2, 0) is 54.2 Å². The fourth-order valence-corrected chi connectivity index (χ4v) is 9.97. The Labute approximate surface area is 439 Å². The number of aliphatic hydroxyl groups excluding tert-OH is 1. The predicted octanol–water partition coefficient (Wildman–Crippen LogP) is 6.83. The van der Waals surface area contributed by atoms with Crippen LogP contribution in [0, 0.1) is 5.92 Å². The molecule has 3 fully saturated rings. The summed E-state index contributed by atoms with van der Waals surface area (Å²) >= 11 is 0. The van der Waals surface area contributed by atoms with E-state index in [0.29, 0.717) is 44.5 Å². The van der Waals surface area contributed by atoms with E-state index in [1.807, 2.05) is 50.3 Å². The average molecular weight is 1030 g/mol. The third-order valence-corrected chi connectivity index (χ3v) is 14.2. The Kier molecular flexibility index (Phi) is 20.0. The Morgan fingerprint density at radius 2 is 1.55 bits per heavy atom. The van der Waals surface area contributed by atoms with E-state index in [2.05, 4.69) is 63.8 Å². The van der Waals surface area contributed by atoms with Gasteiger partial charge in [0.15, 0.2) is 0 Å². The number of epoxide rings is 1. The van der Waals surface area contributed by atoms with Crippen molar-refractivity contribution in [3.63, 3.8) is 0 Å². The normalized spacial score (nSPS) is 24.5. The molecule has 4 aliphatic rings. The molecule has 1 spiro atoms. The zero-order valence-electron chi connectivity index (χ0n) is 43.6. The minimum atomic E-state index is -0.887. The number of nitrogens with one attached hydrogen (secondary N) is 5. The van der Waals surface area contributed by atoms with E-state index in [0.717, 1.165) is 35.1 Å². The lowest BCUT2D eigenvalue weighted by atomic mass is 9.87. The first-order valence-electron chi connectivity index (χ1n) is 26.2. The minimum absolute atomic E-state index is 0.00659. The van der Waals surface area contributed by atoms with Crippen LogP contribution in [0.4, 0.5) is 10.5 Å². The van der Waals surface area contributed by atoms with Gasteiger partial charge in [-0.3, -0.25) is 24.0 Å². The van der Waals surface area contributed by atoms with Crippen LogP contribution in [-0.4, -0.2) is 115 Å². The maximum absolute atomic E-state index is 13.1. The van der Waals surface area contributed by atoms with Crippen LogP contribution in [0.5, 0.6) is 0 Å². The number of anilines is 1. The number of carbonyl (C=O) groups is 6. The largest absolute Gasteiger partial charge is 0.459 e. The van der Waals surface area contributed by atoms with Crippen molar-refractivity contribution in [1.29, 1.82) is 0 Å². The molecule has 402 valence electrons. The van der Waals surface area contributed by atoms with E-state index >= 15 is 0 Å². The third kappa shape index (κ3) is 16.4. The molecule has 7 rings (SSSR count). The molecule has 3 aromatic rings. The molecule has 6 N–H and O–H groups in total. The summed E-state index contributed by atoms with van der Waals surface area (Å²) in [6.07, 6.45) is 9.57. The fraction of sp³-hybridized carbons (Fsp3) is 0.483. The third-order valence-electron chi connectivity index (χ3n) is 14.2. The highest BCUT2D eigenvalue weighted by atomic mass is 16.6. The molecule has 17 nitrogen and oxygen atoms in total. The van der Waals surface area contributed by atoms with Crippen molar-refractivity contribution in [1.82, 2.24) is 21.3 Å². The summed E-state index contributed by atoms with van der Waals surface area (Å²) in [6.45, 7) is 10.2. The molecule has 0 aromatic heterocycles. The van der Waals surface area contributed by atoms with E-state index < -0.39 is 42.1 Å². The van der Waals surface area contributed by atoms with Crippen molar-refractivity contribution < 1.29 is 57.6 Å². The predicted molar refractivity (Wildman–Crippen MR) is 282 cm³/mol. The van der Waals surface area contributed by atoms with Crippen molar-refractivity contribution in [2.45, 2.75) is 147 Å². The monoisotopic (exact) mass is 1030 g/mol. The summed E-state index contributed by atoms with van der Waals surface area (Å²) in [5, 5.41) is 25.3. The number of alkyl carbamates (subject to hydrolysis) is 1. The van der Waals surface area contributed by atoms with E-state index in [-0.39, 0.29) is 86.3 Å². The first-order chi connectivity index (χ1) is 36.0. The number of allylic oxidation sites excluding steroid dienone is 2. The molecule has 0 bridgehead atoms. The quantitative estimate of drug-likeness (QED) is 0.0189. The van der Waals surface area contributed by atoms with Crippen molar-refractivity contribution in [2.75, 3.05) is 31.6 Å². The maximum Gasteiger partial charge on any atom is 0.407 e. The number of ether oxygens (including phenoxy) is 5. The highest BCUT2D eigenvalue weighted by Crippen LogP contribution is 2.45. The number of carbonyl (C=O) groups excluding carboxylic acids is 6. The van der Waals surface area contributed by atoms with Gasteiger partial charge in [-0.25, -0.2) is 4.79 Å². The van der Waals surface area contributed by atoms with Crippen LogP contribution < -0.4 is 26.6 Å². The molecular weight excluding hydrogens is 959 g/mol. The van der Waals surface area contributed by atoms with Crippen LogP contribution in [0.2, 0.25) is 0 Å². The molecule has 3 aliphatic heterocycles. The number of unbranched alkanes of at least 4 members (excludes halogenated alkanes) is 2. The van der Waals surface area contributed by atoms with Gasteiger partial charge < -0.3 is 55.4 Å². The van der Waals surface area contributed by atoms with Gasteiger partial charge >= 0.3 is 12.1 Å². The summed E-state index contributed by atoms with van der Waals surface area (Å²) < 4.78 is 28.9. The van der Waals surface area contributed by atoms with E-state index in [9.17, 15) is 33.9 Å². The van der Waals surface area contributed by atoms with Gasteiger partial charge in [-0.1, -0.05) is 97.8 Å². The molecular formula is C58H73N5O12. The van der Waals surface area contributed by atoms with Crippen LogP contribution >= 0.6 is 0 Å².